The van der Waals surface area contributed by atoms with Crippen molar-refractivity contribution in [3.8, 4) is 0 Å². The van der Waals surface area contributed by atoms with Gasteiger partial charge in [-0.25, -0.2) is 0 Å². The SMILES string of the molecule is CC1CC(C)(CC(=O)O)CC(C(O)CC2CC(=O)NC(=O)C2)C1=O. The first-order valence-electron chi connectivity index (χ1n) is 8.36. The Labute approximate surface area is 140 Å². The van der Waals surface area contributed by atoms with Crippen molar-refractivity contribution in [2.45, 2.75) is 58.5 Å². The second kappa shape index (κ2) is 7.01. The maximum atomic E-state index is 12.5. The minimum atomic E-state index is -0.961. The number of aliphatic hydroxyl groups excluding tert-OH is 1. The fraction of sp³-hybridized carbons (Fsp3) is 0.765. The number of Topliss-reactive ketones (excluding diaryl/α,β-unsaturated/α-hetero) is 1. The Bertz CT molecular complexity index is 543. The number of ketones is 1. The largest absolute Gasteiger partial charge is 0.481 e. The lowest BCUT2D eigenvalue weighted by Crippen LogP contribution is -2.45. The summed E-state index contributed by atoms with van der Waals surface area (Å²) < 4.78 is 0. The van der Waals surface area contributed by atoms with Gasteiger partial charge in [0, 0.05) is 24.7 Å². The Kier molecular flexibility index (Phi) is 5.42. The highest BCUT2D eigenvalue weighted by atomic mass is 16.4. The van der Waals surface area contributed by atoms with Crippen LogP contribution in [0.5, 0.6) is 0 Å². The maximum absolute atomic E-state index is 12.5. The lowest BCUT2D eigenvalue weighted by molar-refractivity contribution is -0.147. The molecule has 2 fully saturated rings. The van der Waals surface area contributed by atoms with E-state index in [-0.39, 0.29) is 55.1 Å². The first kappa shape index (κ1) is 18.6. The van der Waals surface area contributed by atoms with Gasteiger partial charge in [0.15, 0.2) is 0 Å². The first-order valence-corrected chi connectivity index (χ1v) is 8.36. The second-order valence-electron chi connectivity index (χ2n) is 7.75. The van der Waals surface area contributed by atoms with E-state index in [4.69, 9.17) is 5.11 Å². The van der Waals surface area contributed by atoms with Crippen molar-refractivity contribution in [1.29, 1.82) is 0 Å². The fourth-order valence-electron chi connectivity index (χ4n) is 4.28. The van der Waals surface area contributed by atoms with Crippen LogP contribution in [0.3, 0.4) is 0 Å². The Morgan fingerprint density at radius 1 is 1.25 bits per heavy atom. The zero-order valence-electron chi connectivity index (χ0n) is 14.1. The predicted molar refractivity (Wildman–Crippen MR) is 83.8 cm³/mol. The molecule has 1 heterocycles. The standard InChI is InChI=1S/C17H25NO6/c1-9-6-17(2,8-15(22)23)7-11(16(9)24)12(19)3-10-4-13(20)18-14(21)5-10/h9-12,19H,3-8H2,1-2H3,(H,22,23)(H,18,20,21). The van der Waals surface area contributed by atoms with E-state index in [0.29, 0.717) is 12.8 Å². The molecule has 2 aliphatic rings. The molecule has 2 amide bonds. The Morgan fingerprint density at radius 3 is 2.38 bits per heavy atom. The Morgan fingerprint density at radius 2 is 1.83 bits per heavy atom. The summed E-state index contributed by atoms with van der Waals surface area (Å²) in [5.74, 6) is -2.92. The van der Waals surface area contributed by atoms with E-state index in [1.807, 2.05) is 6.92 Å². The van der Waals surface area contributed by atoms with E-state index in [1.165, 1.54) is 0 Å². The van der Waals surface area contributed by atoms with Gasteiger partial charge in [0.05, 0.1) is 12.5 Å². The Hall–Kier alpha value is -1.76. The van der Waals surface area contributed by atoms with Crippen LogP contribution in [-0.2, 0) is 19.2 Å². The molecule has 4 atom stereocenters. The Balaban J connectivity index is 2.07. The van der Waals surface area contributed by atoms with Crippen molar-refractivity contribution in [3.63, 3.8) is 0 Å². The molecule has 0 spiro atoms. The van der Waals surface area contributed by atoms with Crippen molar-refractivity contribution in [2.75, 3.05) is 0 Å². The third-order valence-corrected chi connectivity index (χ3v) is 5.21. The van der Waals surface area contributed by atoms with Crippen LogP contribution >= 0.6 is 0 Å². The van der Waals surface area contributed by atoms with Crippen molar-refractivity contribution < 1.29 is 29.4 Å². The number of rotatable bonds is 5. The molecule has 3 N–H and O–H groups in total. The molecule has 134 valence electrons. The fourth-order valence-corrected chi connectivity index (χ4v) is 4.28. The van der Waals surface area contributed by atoms with Crippen molar-refractivity contribution in [2.24, 2.45) is 23.2 Å². The number of carbonyl (C=O) groups is 4. The number of carboxylic acids is 1. The first-order chi connectivity index (χ1) is 11.1. The van der Waals surface area contributed by atoms with Crippen molar-refractivity contribution in [3.05, 3.63) is 0 Å². The van der Waals surface area contributed by atoms with E-state index in [9.17, 15) is 24.3 Å². The maximum Gasteiger partial charge on any atom is 0.303 e. The van der Waals surface area contributed by atoms with Crippen LogP contribution in [0.4, 0.5) is 0 Å². The lowest BCUT2D eigenvalue weighted by Gasteiger charge is -2.41. The molecule has 0 aromatic carbocycles. The highest BCUT2D eigenvalue weighted by molar-refractivity contribution is 5.97. The van der Waals surface area contributed by atoms with Crippen LogP contribution in [0.25, 0.3) is 0 Å². The number of carboxylic acid groups (broad SMARTS) is 1. The smallest absolute Gasteiger partial charge is 0.303 e. The summed E-state index contributed by atoms with van der Waals surface area (Å²) in [6.07, 6.45) is 0.320. The number of hydrogen-bond acceptors (Lipinski definition) is 5. The molecule has 7 nitrogen and oxygen atoms in total. The topological polar surface area (TPSA) is 121 Å². The van der Waals surface area contributed by atoms with Gasteiger partial charge < -0.3 is 10.2 Å². The normalized spacial score (nSPS) is 33.2. The van der Waals surface area contributed by atoms with Crippen molar-refractivity contribution in [1.82, 2.24) is 5.32 Å². The summed E-state index contributed by atoms with van der Waals surface area (Å²) in [6, 6.07) is 0. The lowest BCUT2D eigenvalue weighted by atomic mass is 9.63. The van der Waals surface area contributed by atoms with E-state index in [2.05, 4.69) is 5.32 Å². The molecule has 1 saturated heterocycles. The molecule has 24 heavy (non-hydrogen) atoms. The van der Waals surface area contributed by atoms with E-state index >= 15 is 0 Å². The molecule has 0 aromatic rings. The molecule has 0 radical (unpaired) electrons. The monoisotopic (exact) mass is 339 g/mol. The third-order valence-electron chi connectivity index (χ3n) is 5.21. The number of imide groups is 1. The highest BCUT2D eigenvalue weighted by Gasteiger charge is 2.45. The minimum absolute atomic E-state index is 0.0435. The molecule has 0 bridgehead atoms. The minimum Gasteiger partial charge on any atom is -0.481 e. The molecule has 2 rings (SSSR count). The summed E-state index contributed by atoms with van der Waals surface area (Å²) in [5.41, 5.74) is -0.537. The van der Waals surface area contributed by atoms with Gasteiger partial charge in [0.25, 0.3) is 0 Å². The summed E-state index contributed by atoms with van der Waals surface area (Å²) in [6.45, 7) is 3.60. The molecule has 7 heteroatoms. The summed E-state index contributed by atoms with van der Waals surface area (Å²) >= 11 is 0. The van der Waals surface area contributed by atoms with Crippen LogP contribution in [0.1, 0.15) is 52.4 Å². The molecule has 1 saturated carbocycles. The van der Waals surface area contributed by atoms with Gasteiger partial charge >= 0.3 is 5.97 Å². The predicted octanol–water partition coefficient (Wildman–Crippen LogP) is 0.886. The highest BCUT2D eigenvalue weighted by Crippen LogP contribution is 2.44. The zero-order valence-corrected chi connectivity index (χ0v) is 14.1. The second-order valence-corrected chi connectivity index (χ2v) is 7.75. The van der Waals surface area contributed by atoms with Gasteiger partial charge in [-0.3, -0.25) is 24.5 Å². The third kappa shape index (κ3) is 4.41. The number of carbonyl (C=O) groups excluding carboxylic acids is 3. The van der Waals surface area contributed by atoms with Gasteiger partial charge in [-0.1, -0.05) is 13.8 Å². The molecular formula is C17H25NO6. The van der Waals surface area contributed by atoms with Crippen LogP contribution in [0.2, 0.25) is 0 Å². The van der Waals surface area contributed by atoms with Crippen LogP contribution in [0.15, 0.2) is 0 Å². The van der Waals surface area contributed by atoms with Crippen LogP contribution in [0, 0.1) is 23.2 Å². The average Bonchev–Trinajstić information content (AvgIpc) is 2.40. The number of aliphatic hydroxyl groups is 1. The van der Waals surface area contributed by atoms with Gasteiger partial charge in [0.1, 0.15) is 5.78 Å². The van der Waals surface area contributed by atoms with Gasteiger partial charge in [-0.2, -0.15) is 0 Å². The number of nitrogens with one attached hydrogen (secondary N) is 1. The molecular weight excluding hydrogens is 314 g/mol. The number of amides is 2. The van der Waals surface area contributed by atoms with Gasteiger partial charge in [-0.05, 0) is 30.6 Å². The van der Waals surface area contributed by atoms with Crippen LogP contribution in [-0.4, -0.2) is 39.9 Å². The number of hydrogen-bond donors (Lipinski definition) is 3. The molecule has 1 aliphatic carbocycles. The number of piperidine rings is 1. The summed E-state index contributed by atoms with van der Waals surface area (Å²) in [7, 11) is 0. The zero-order chi connectivity index (χ0) is 18.1. The van der Waals surface area contributed by atoms with E-state index < -0.39 is 23.4 Å². The van der Waals surface area contributed by atoms with Crippen molar-refractivity contribution >= 4 is 23.6 Å². The van der Waals surface area contributed by atoms with E-state index in [1.54, 1.807) is 6.92 Å². The summed E-state index contributed by atoms with van der Waals surface area (Å²) in [4.78, 5) is 46.4. The van der Waals surface area contributed by atoms with Gasteiger partial charge in [-0.15, -0.1) is 0 Å². The van der Waals surface area contributed by atoms with Crippen LogP contribution < -0.4 is 5.32 Å². The summed E-state index contributed by atoms with van der Waals surface area (Å²) in [5, 5.41) is 21.9. The quantitative estimate of drug-likeness (QED) is 0.640. The van der Waals surface area contributed by atoms with Gasteiger partial charge in [0.2, 0.25) is 11.8 Å². The molecule has 0 aromatic heterocycles. The molecule has 1 aliphatic heterocycles. The average molecular weight is 339 g/mol. The number of aliphatic carboxylic acids is 1. The molecule has 4 unspecified atom stereocenters. The van der Waals surface area contributed by atoms with E-state index in [0.717, 1.165) is 0 Å².